The van der Waals surface area contributed by atoms with E-state index in [0.29, 0.717) is 17.5 Å². The molecule has 0 N–H and O–H groups in total. The van der Waals surface area contributed by atoms with Crippen molar-refractivity contribution in [3.05, 3.63) is 28.8 Å². The SMILES string of the molecule is [B]c1c(C(F)(F)F)ccc(C([B])([B])C(C)(C)CC)c1C(C)(C)C. The predicted octanol–water partition coefficient (Wildman–Crippen LogP) is 3.72. The summed E-state index contributed by atoms with van der Waals surface area (Å²) in [4.78, 5) is 0. The van der Waals surface area contributed by atoms with Gasteiger partial charge >= 0.3 is 6.18 Å². The molecule has 0 saturated heterocycles. The van der Waals surface area contributed by atoms with Crippen molar-refractivity contribution in [3.63, 3.8) is 0 Å². The normalized spacial score (nSPS) is 14.1. The van der Waals surface area contributed by atoms with Crippen molar-refractivity contribution >= 4 is 29.0 Å². The molecule has 23 heavy (non-hydrogen) atoms. The largest absolute Gasteiger partial charge is 0.415 e. The number of halogens is 3. The fourth-order valence-corrected chi connectivity index (χ4v) is 2.68. The maximum absolute atomic E-state index is 13.2. The lowest BCUT2D eigenvalue weighted by Crippen LogP contribution is -2.46. The lowest BCUT2D eigenvalue weighted by Gasteiger charge is -2.46. The topological polar surface area (TPSA) is 0 Å². The van der Waals surface area contributed by atoms with Crippen molar-refractivity contribution < 1.29 is 13.2 Å². The third-order valence-corrected chi connectivity index (χ3v) is 4.75. The van der Waals surface area contributed by atoms with E-state index in [1.165, 1.54) is 6.07 Å². The molecule has 0 aliphatic heterocycles. The molecule has 0 amide bonds. The highest BCUT2D eigenvalue weighted by Gasteiger charge is 2.41. The first-order valence-electron chi connectivity index (χ1n) is 7.65. The molecule has 0 aliphatic carbocycles. The van der Waals surface area contributed by atoms with Gasteiger partial charge in [0, 0.05) is 5.56 Å². The van der Waals surface area contributed by atoms with Gasteiger partial charge in [-0.1, -0.05) is 76.3 Å². The molecular weight excluding hydrogens is 294 g/mol. The smallest absolute Gasteiger partial charge is 0.166 e. The van der Waals surface area contributed by atoms with Crippen molar-refractivity contribution in [2.24, 2.45) is 5.41 Å². The fraction of sp³-hybridized carbons (Fsp3) is 0.647. The average Bonchev–Trinajstić information content (AvgIpc) is 2.34. The van der Waals surface area contributed by atoms with E-state index in [4.69, 9.17) is 23.5 Å². The van der Waals surface area contributed by atoms with Gasteiger partial charge in [-0.15, -0.1) is 0 Å². The van der Waals surface area contributed by atoms with E-state index in [1.807, 2.05) is 20.8 Å². The van der Waals surface area contributed by atoms with Crippen molar-refractivity contribution in [3.8, 4) is 0 Å². The molecule has 0 heterocycles. The summed E-state index contributed by atoms with van der Waals surface area (Å²) in [5.41, 5.74) is -1.47. The van der Waals surface area contributed by atoms with Crippen LogP contribution in [0.5, 0.6) is 0 Å². The minimum absolute atomic E-state index is 0.297. The van der Waals surface area contributed by atoms with Crippen LogP contribution in [0.2, 0.25) is 0 Å². The van der Waals surface area contributed by atoms with Gasteiger partial charge in [0.15, 0.2) is 0 Å². The maximum atomic E-state index is 13.2. The summed E-state index contributed by atoms with van der Waals surface area (Å²) in [5.74, 6) is 0. The number of hydrogen-bond donors (Lipinski definition) is 0. The molecule has 1 aromatic rings. The van der Waals surface area contributed by atoms with Crippen molar-refractivity contribution in [1.82, 2.24) is 0 Å². The third-order valence-electron chi connectivity index (χ3n) is 4.75. The highest BCUT2D eigenvalue weighted by atomic mass is 19.4. The Bertz CT molecular complexity index is 582. The van der Waals surface area contributed by atoms with Gasteiger partial charge in [0.2, 0.25) is 0 Å². The number of rotatable bonds is 3. The van der Waals surface area contributed by atoms with E-state index in [9.17, 15) is 13.2 Å². The highest BCUT2D eigenvalue weighted by molar-refractivity contribution is 6.41. The molecule has 0 atom stereocenters. The Kier molecular flexibility index (Phi) is 5.22. The van der Waals surface area contributed by atoms with Gasteiger partial charge in [0.05, 0.1) is 15.7 Å². The predicted molar refractivity (Wildman–Crippen MR) is 92.8 cm³/mol. The van der Waals surface area contributed by atoms with Crippen molar-refractivity contribution in [2.75, 3.05) is 0 Å². The Morgan fingerprint density at radius 2 is 1.35 bits per heavy atom. The Morgan fingerprint density at radius 1 is 0.913 bits per heavy atom. The van der Waals surface area contributed by atoms with E-state index >= 15 is 0 Å². The van der Waals surface area contributed by atoms with E-state index < -0.39 is 27.8 Å². The molecule has 0 fully saturated rings. The van der Waals surface area contributed by atoms with Crippen LogP contribution in [0.4, 0.5) is 13.2 Å². The third kappa shape index (κ3) is 3.66. The molecule has 0 spiro atoms. The van der Waals surface area contributed by atoms with Crippen LogP contribution in [0.15, 0.2) is 12.1 Å². The second-order valence-corrected chi connectivity index (χ2v) is 7.80. The molecule has 0 aromatic heterocycles. The Morgan fingerprint density at radius 3 is 1.70 bits per heavy atom. The lowest BCUT2D eigenvalue weighted by atomic mass is 9.38. The van der Waals surface area contributed by atoms with E-state index in [-0.39, 0.29) is 5.46 Å². The molecule has 0 saturated carbocycles. The average molecular weight is 316 g/mol. The number of alkyl halides is 3. The van der Waals surface area contributed by atoms with Crippen LogP contribution < -0.4 is 5.46 Å². The standard InChI is InChI=1S/C17H22B3F3/c1-7-15(5,6)16(19,20)10-8-9-11(17(21,22)23)13(18)12(10)14(2,3)4/h8-9H,7H2,1-6H3. The molecular formula is C17H22B3F3. The lowest BCUT2D eigenvalue weighted by molar-refractivity contribution is -0.136. The fourth-order valence-electron chi connectivity index (χ4n) is 2.68. The van der Waals surface area contributed by atoms with Crippen LogP contribution in [-0.4, -0.2) is 23.5 Å². The molecule has 0 unspecified atom stereocenters. The van der Waals surface area contributed by atoms with Crippen LogP contribution in [-0.2, 0) is 16.8 Å². The van der Waals surface area contributed by atoms with Gasteiger partial charge in [-0.3, -0.25) is 0 Å². The minimum atomic E-state index is -4.52. The summed E-state index contributed by atoms with van der Waals surface area (Å²) in [6.07, 6.45) is -3.85. The van der Waals surface area contributed by atoms with Gasteiger partial charge in [-0.05, 0) is 16.4 Å². The summed E-state index contributed by atoms with van der Waals surface area (Å²) < 4.78 is 39.6. The second kappa shape index (κ2) is 5.93. The summed E-state index contributed by atoms with van der Waals surface area (Å²) in [5, 5.41) is -1.30. The zero-order valence-electron chi connectivity index (χ0n) is 14.7. The zero-order valence-corrected chi connectivity index (χ0v) is 14.7. The summed E-state index contributed by atoms with van der Waals surface area (Å²) in [7, 11) is 18.7. The van der Waals surface area contributed by atoms with Crippen LogP contribution in [0, 0.1) is 5.41 Å². The second-order valence-electron chi connectivity index (χ2n) is 7.80. The van der Waals surface area contributed by atoms with Crippen LogP contribution in [0.3, 0.4) is 0 Å². The van der Waals surface area contributed by atoms with Gasteiger partial charge in [0.25, 0.3) is 0 Å². The zero-order chi connectivity index (χ0) is 18.4. The summed E-state index contributed by atoms with van der Waals surface area (Å²) >= 11 is 0. The van der Waals surface area contributed by atoms with Gasteiger partial charge in [-0.25, -0.2) is 0 Å². The van der Waals surface area contributed by atoms with Gasteiger partial charge < -0.3 is 0 Å². The van der Waals surface area contributed by atoms with Crippen LogP contribution in [0.25, 0.3) is 0 Å². The van der Waals surface area contributed by atoms with Gasteiger partial charge in [-0.2, -0.15) is 13.2 Å². The summed E-state index contributed by atoms with van der Waals surface area (Å²) in [6.45, 7) is 11.1. The van der Waals surface area contributed by atoms with Crippen molar-refractivity contribution in [2.45, 2.75) is 64.8 Å². The molecule has 6 heteroatoms. The van der Waals surface area contributed by atoms with E-state index in [2.05, 4.69) is 0 Å². The molecule has 1 rings (SSSR count). The first-order chi connectivity index (χ1) is 10.1. The summed E-state index contributed by atoms with van der Waals surface area (Å²) in [6, 6.07) is 2.34. The first kappa shape index (κ1) is 20.2. The van der Waals surface area contributed by atoms with Crippen molar-refractivity contribution in [1.29, 1.82) is 0 Å². The number of benzene rings is 1. The number of hydrogen-bond acceptors (Lipinski definition) is 0. The molecule has 0 aliphatic rings. The minimum Gasteiger partial charge on any atom is -0.166 e. The molecule has 0 nitrogen and oxygen atoms in total. The van der Waals surface area contributed by atoms with Gasteiger partial charge in [0.1, 0.15) is 7.85 Å². The monoisotopic (exact) mass is 316 g/mol. The molecule has 6 radical (unpaired) electrons. The van der Waals surface area contributed by atoms with E-state index in [1.54, 1.807) is 20.8 Å². The Hall–Kier alpha value is -0.795. The first-order valence-corrected chi connectivity index (χ1v) is 7.65. The van der Waals surface area contributed by atoms with E-state index in [0.717, 1.165) is 6.07 Å². The van der Waals surface area contributed by atoms with Crippen LogP contribution >= 0.6 is 0 Å². The highest BCUT2D eigenvalue weighted by Crippen LogP contribution is 2.43. The molecule has 1 aromatic carbocycles. The Balaban J connectivity index is 3.80. The molecule has 0 bridgehead atoms. The molecule has 120 valence electrons. The Labute approximate surface area is 141 Å². The quantitative estimate of drug-likeness (QED) is 0.746. The van der Waals surface area contributed by atoms with Crippen LogP contribution in [0.1, 0.15) is 64.7 Å². The maximum Gasteiger partial charge on any atom is 0.415 e.